The van der Waals surface area contributed by atoms with Crippen LogP contribution in [0.15, 0.2) is 0 Å². The van der Waals surface area contributed by atoms with Gasteiger partial charge in [0, 0.05) is 52.2 Å². The summed E-state index contributed by atoms with van der Waals surface area (Å²) >= 11 is 0. The molecule has 1 atom stereocenters. The Morgan fingerprint density at radius 3 is 2.57 bits per heavy atom. The van der Waals surface area contributed by atoms with Crippen LogP contribution < -0.4 is 0 Å². The predicted molar refractivity (Wildman–Crippen MR) is 116 cm³/mol. The summed E-state index contributed by atoms with van der Waals surface area (Å²) < 4.78 is 29.0. The van der Waals surface area contributed by atoms with E-state index >= 15 is 0 Å². The van der Waals surface area contributed by atoms with Crippen LogP contribution in [0, 0.1) is 6.92 Å². The Hall–Kier alpha value is -1.45. The number of carbonyl (C=O) groups excluding carboxylic acids is 1. The Kier molecular flexibility index (Phi) is 6.50. The maximum atomic E-state index is 13.1. The monoisotopic (exact) mass is 437 g/mol. The molecule has 4 heterocycles. The molecule has 1 amide bonds. The van der Waals surface area contributed by atoms with E-state index in [0.717, 1.165) is 44.7 Å². The minimum atomic E-state index is -3.34. The van der Waals surface area contributed by atoms with Crippen molar-refractivity contribution in [2.75, 3.05) is 38.5 Å². The Bertz CT molecular complexity index is 873. The average molecular weight is 438 g/mol. The van der Waals surface area contributed by atoms with Gasteiger partial charge in [-0.05, 0) is 39.0 Å². The second kappa shape index (κ2) is 8.96. The van der Waals surface area contributed by atoms with Crippen molar-refractivity contribution < 1.29 is 13.2 Å². The summed E-state index contributed by atoms with van der Waals surface area (Å²) in [4.78, 5) is 22.2. The third-order valence-electron chi connectivity index (χ3n) is 6.75. The normalized spacial score (nSPS) is 23.7. The summed E-state index contributed by atoms with van der Waals surface area (Å²) in [6.45, 7) is 9.35. The van der Waals surface area contributed by atoms with Crippen LogP contribution in [0.25, 0.3) is 0 Å². The van der Waals surface area contributed by atoms with Gasteiger partial charge in [0.25, 0.3) is 0 Å². The fourth-order valence-electron chi connectivity index (χ4n) is 5.12. The van der Waals surface area contributed by atoms with E-state index in [9.17, 15) is 13.2 Å². The van der Waals surface area contributed by atoms with Crippen molar-refractivity contribution in [2.24, 2.45) is 0 Å². The number of hydrogen-bond acceptors (Lipinski definition) is 5. The van der Waals surface area contributed by atoms with E-state index in [1.165, 1.54) is 28.7 Å². The first-order chi connectivity index (χ1) is 14.4. The first-order valence-corrected chi connectivity index (χ1v) is 13.1. The third kappa shape index (κ3) is 4.29. The lowest BCUT2D eigenvalue weighted by atomic mass is 10.1. The highest BCUT2D eigenvalue weighted by Gasteiger charge is 2.40. The number of aryl methyl sites for hydroxylation is 2. The zero-order valence-corrected chi connectivity index (χ0v) is 19.2. The lowest BCUT2D eigenvalue weighted by Crippen LogP contribution is -2.54. The first-order valence-electron chi connectivity index (χ1n) is 11.5. The molecule has 0 spiro atoms. The van der Waals surface area contributed by atoms with E-state index in [4.69, 9.17) is 4.98 Å². The Labute approximate surface area is 180 Å². The van der Waals surface area contributed by atoms with Gasteiger partial charge in [-0.15, -0.1) is 0 Å². The number of rotatable bonds is 6. The van der Waals surface area contributed by atoms with Crippen molar-refractivity contribution in [1.82, 2.24) is 23.7 Å². The molecule has 0 saturated carbocycles. The maximum absolute atomic E-state index is 13.1. The molecule has 30 heavy (non-hydrogen) atoms. The number of piperazine rings is 1. The number of fused-ring (bicyclic) bond motifs is 1. The number of amides is 1. The molecule has 2 saturated heterocycles. The summed E-state index contributed by atoms with van der Waals surface area (Å²) in [6.07, 6.45) is 5.51. The van der Waals surface area contributed by atoms with Gasteiger partial charge in [0.15, 0.2) is 0 Å². The molecule has 8 nitrogen and oxygen atoms in total. The largest absolute Gasteiger partial charge is 0.339 e. The number of hydrogen-bond donors (Lipinski definition) is 0. The second-order valence-electron chi connectivity index (χ2n) is 8.86. The number of imidazole rings is 1. The fourth-order valence-corrected chi connectivity index (χ4v) is 6.86. The van der Waals surface area contributed by atoms with Crippen molar-refractivity contribution >= 4 is 15.9 Å². The minimum absolute atomic E-state index is 0.00950. The van der Waals surface area contributed by atoms with Crippen molar-refractivity contribution in [3.05, 3.63) is 17.2 Å². The molecule has 2 fully saturated rings. The maximum Gasteiger partial charge on any atom is 0.241 e. The minimum Gasteiger partial charge on any atom is -0.339 e. The molecule has 0 aliphatic carbocycles. The van der Waals surface area contributed by atoms with Crippen LogP contribution in [0.3, 0.4) is 0 Å². The van der Waals surface area contributed by atoms with Gasteiger partial charge in [-0.3, -0.25) is 9.69 Å². The highest BCUT2D eigenvalue weighted by atomic mass is 32.2. The Morgan fingerprint density at radius 1 is 1.07 bits per heavy atom. The van der Waals surface area contributed by atoms with Gasteiger partial charge >= 0.3 is 0 Å². The molecule has 1 aromatic rings. The lowest BCUT2D eigenvalue weighted by molar-refractivity contribution is -0.136. The molecule has 168 valence electrons. The first kappa shape index (κ1) is 21.8. The van der Waals surface area contributed by atoms with Gasteiger partial charge in [-0.2, -0.15) is 4.31 Å². The average Bonchev–Trinajstić information content (AvgIpc) is 3.34. The van der Waals surface area contributed by atoms with E-state index in [1.54, 1.807) is 0 Å². The highest BCUT2D eigenvalue weighted by Crippen LogP contribution is 2.25. The third-order valence-corrected chi connectivity index (χ3v) is 8.83. The molecule has 4 rings (SSSR count). The summed E-state index contributed by atoms with van der Waals surface area (Å²) in [7, 11) is -3.34. The Morgan fingerprint density at radius 2 is 1.83 bits per heavy atom. The predicted octanol–water partition coefficient (Wildman–Crippen LogP) is 1.38. The fraction of sp³-hybridized carbons (Fsp3) is 0.810. The SMILES string of the molecule is CCCS(=O)(=O)N1CCCC1C(=O)N1CCN(Cc2c(C)nc3n2CCCC3)CC1. The lowest BCUT2D eigenvalue weighted by Gasteiger charge is -2.37. The van der Waals surface area contributed by atoms with E-state index in [1.807, 2.05) is 11.8 Å². The Balaban J connectivity index is 1.36. The zero-order valence-electron chi connectivity index (χ0n) is 18.3. The molecule has 9 heteroatoms. The number of carbonyl (C=O) groups is 1. The highest BCUT2D eigenvalue weighted by molar-refractivity contribution is 7.89. The smallest absolute Gasteiger partial charge is 0.241 e. The molecule has 1 aromatic heterocycles. The molecular weight excluding hydrogens is 402 g/mol. The van der Waals surface area contributed by atoms with Gasteiger partial charge in [-0.1, -0.05) is 6.92 Å². The van der Waals surface area contributed by atoms with E-state index in [2.05, 4.69) is 16.4 Å². The number of nitrogens with zero attached hydrogens (tertiary/aromatic N) is 5. The molecule has 3 aliphatic heterocycles. The van der Waals surface area contributed by atoms with Crippen LogP contribution in [-0.4, -0.2) is 82.5 Å². The molecule has 0 radical (unpaired) electrons. The van der Waals surface area contributed by atoms with Gasteiger partial charge < -0.3 is 9.47 Å². The number of sulfonamides is 1. The topological polar surface area (TPSA) is 78.8 Å². The summed E-state index contributed by atoms with van der Waals surface area (Å²) in [6, 6.07) is -0.503. The van der Waals surface area contributed by atoms with Crippen molar-refractivity contribution in [3.8, 4) is 0 Å². The second-order valence-corrected chi connectivity index (χ2v) is 10.9. The van der Waals surface area contributed by atoms with Crippen LogP contribution in [-0.2, 0) is 34.3 Å². The molecule has 3 aliphatic rings. The summed E-state index contributed by atoms with van der Waals surface area (Å²) in [5.74, 6) is 1.33. The van der Waals surface area contributed by atoms with Gasteiger partial charge in [-0.25, -0.2) is 13.4 Å². The van der Waals surface area contributed by atoms with Gasteiger partial charge in [0.2, 0.25) is 15.9 Å². The van der Waals surface area contributed by atoms with Crippen molar-refractivity contribution in [1.29, 1.82) is 0 Å². The quantitative estimate of drug-likeness (QED) is 0.672. The van der Waals surface area contributed by atoms with Crippen molar-refractivity contribution in [3.63, 3.8) is 0 Å². The van der Waals surface area contributed by atoms with Crippen LogP contribution in [0.5, 0.6) is 0 Å². The van der Waals surface area contributed by atoms with E-state index in [-0.39, 0.29) is 11.7 Å². The van der Waals surface area contributed by atoms with E-state index in [0.29, 0.717) is 32.5 Å². The van der Waals surface area contributed by atoms with Crippen molar-refractivity contribution in [2.45, 2.75) is 71.5 Å². The van der Waals surface area contributed by atoms with Crippen LogP contribution in [0.1, 0.15) is 56.2 Å². The standard InChI is InChI=1S/C21H35N5O3S/c1-3-15-30(28,29)26-10-6-7-18(26)21(27)24-13-11-23(12-14-24)16-19-17(2)22-20-8-4-5-9-25(19)20/h18H,3-16H2,1-2H3. The van der Waals surface area contributed by atoms with Crippen LogP contribution in [0.2, 0.25) is 0 Å². The molecule has 0 aromatic carbocycles. The number of aromatic nitrogens is 2. The summed E-state index contributed by atoms with van der Waals surface area (Å²) in [5, 5.41) is 0. The van der Waals surface area contributed by atoms with Gasteiger partial charge in [0.05, 0.1) is 17.1 Å². The van der Waals surface area contributed by atoms with Crippen LogP contribution in [0.4, 0.5) is 0 Å². The van der Waals surface area contributed by atoms with Crippen LogP contribution >= 0.6 is 0 Å². The van der Waals surface area contributed by atoms with E-state index < -0.39 is 16.1 Å². The zero-order chi connectivity index (χ0) is 21.3. The molecule has 0 bridgehead atoms. The summed E-state index contributed by atoms with van der Waals surface area (Å²) in [5.41, 5.74) is 2.45. The molecule has 1 unspecified atom stereocenters. The molecule has 0 N–H and O–H groups in total. The molecular formula is C21H35N5O3S. The van der Waals surface area contributed by atoms with Gasteiger partial charge in [0.1, 0.15) is 11.9 Å².